The van der Waals surface area contributed by atoms with Crippen molar-refractivity contribution in [3.63, 3.8) is 0 Å². The van der Waals surface area contributed by atoms with Crippen LogP contribution in [0.5, 0.6) is 11.5 Å². The number of carbonyl (C=O) groups excluding carboxylic acids is 2. The van der Waals surface area contributed by atoms with Crippen molar-refractivity contribution in [3.8, 4) is 11.5 Å². The number of hydrogen-bond donors (Lipinski definition) is 6. The number of rotatable bonds is 14. The van der Waals surface area contributed by atoms with Crippen LogP contribution >= 0.6 is 11.6 Å². The minimum Gasteiger partial charge on any atom is -0.490 e. The van der Waals surface area contributed by atoms with Crippen molar-refractivity contribution in [1.82, 2.24) is 5.32 Å². The lowest BCUT2D eigenvalue weighted by Crippen LogP contribution is -2.31. The van der Waals surface area contributed by atoms with E-state index in [2.05, 4.69) is 16.0 Å². The number of nitrogens with one attached hydrogen (secondary N) is 4. The summed E-state index contributed by atoms with van der Waals surface area (Å²) in [5, 5.41) is 26.0. The lowest BCUT2D eigenvalue weighted by Gasteiger charge is -2.19. The monoisotopic (exact) mass is 595 g/mol. The van der Waals surface area contributed by atoms with E-state index in [9.17, 15) is 19.5 Å². The highest BCUT2D eigenvalue weighted by Crippen LogP contribution is 2.35. The highest BCUT2D eigenvalue weighted by molar-refractivity contribution is 6.31. The molecule has 7 N–H and O–H groups in total. The summed E-state index contributed by atoms with van der Waals surface area (Å²) in [5.74, 6) is -1.35. The maximum absolute atomic E-state index is 13.2. The molecule has 2 amide bonds. The summed E-state index contributed by atoms with van der Waals surface area (Å²) < 4.78 is 11.4. The van der Waals surface area contributed by atoms with Crippen LogP contribution in [0.15, 0.2) is 54.6 Å². The number of amides is 2. The van der Waals surface area contributed by atoms with Gasteiger partial charge in [-0.3, -0.25) is 15.0 Å². The molecule has 0 spiro atoms. The van der Waals surface area contributed by atoms with E-state index in [1.165, 1.54) is 6.07 Å². The number of anilines is 2. The summed E-state index contributed by atoms with van der Waals surface area (Å²) in [6, 6.07) is 14.7. The molecule has 0 saturated heterocycles. The number of aliphatic carboxylic acids is 1. The Labute approximate surface area is 248 Å². The summed E-state index contributed by atoms with van der Waals surface area (Å²) in [7, 11) is 0. The van der Waals surface area contributed by atoms with Crippen molar-refractivity contribution in [3.05, 3.63) is 81.9 Å². The highest BCUT2D eigenvalue weighted by atomic mass is 35.5. The predicted molar refractivity (Wildman–Crippen MR) is 162 cm³/mol. The average Bonchev–Trinajstić information content (AvgIpc) is 2.91. The Morgan fingerprint density at radius 2 is 1.76 bits per heavy atom. The Morgan fingerprint density at radius 1 is 1.05 bits per heavy atom. The highest BCUT2D eigenvalue weighted by Gasteiger charge is 2.19. The smallest absolute Gasteiger partial charge is 0.341 e. The van der Waals surface area contributed by atoms with Crippen molar-refractivity contribution < 1.29 is 29.0 Å². The molecule has 0 aromatic heterocycles. The molecular weight excluding hydrogens is 562 g/mol. The van der Waals surface area contributed by atoms with Crippen molar-refractivity contribution in [1.29, 1.82) is 5.41 Å². The van der Waals surface area contributed by atoms with Crippen LogP contribution in [0, 0.1) is 5.41 Å². The van der Waals surface area contributed by atoms with Crippen LogP contribution in [0.4, 0.5) is 11.4 Å². The molecule has 3 rings (SSSR count). The maximum Gasteiger partial charge on any atom is 0.341 e. The first-order chi connectivity index (χ1) is 20.0. The number of carboxylic acids is 1. The fourth-order valence-electron chi connectivity index (χ4n) is 4.06. The Bertz CT molecular complexity index is 1460. The van der Waals surface area contributed by atoms with Crippen LogP contribution < -0.4 is 31.2 Å². The molecule has 3 aromatic rings. The molecular formula is C30H34ClN5O6. The Balaban J connectivity index is 1.92. The van der Waals surface area contributed by atoms with Crippen LogP contribution in [-0.2, 0) is 22.6 Å². The molecule has 11 nitrogen and oxygen atoms in total. The number of amidine groups is 1. The summed E-state index contributed by atoms with van der Waals surface area (Å²) in [6.45, 7) is 5.29. The number of carbonyl (C=O) groups is 3. The zero-order valence-corrected chi connectivity index (χ0v) is 24.3. The summed E-state index contributed by atoms with van der Waals surface area (Å²) in [6.07, 6.45) is 0.0709. The Kier molecular flexibility index (Phi) is 11.1. The van der Waals surface area contributed by atoms with E-state index in [1.54, 1.807) is 55.5 Å². The van der Waals surface area contributed by atoms with Gasteiger partial charge in [0.25, 0.3) is 5.91 Å². The van der Waals surface area contributed by atoms with Crippen LogP contribution in [0.2, 0.25) is 5.02 Å². The Morgan fingerprint density at radius 3 is 2.38 bits per heavy atom. The van der Waals surface area contributed by atoms with Gasteiger partial charge >= 0.3 is 5.97 Å². The van der Waals surface area contributed by atoms with Crippen molar-refractivity contribution >= 4 is 46.6 Å². The number of carboxylic acid groups (broad SMARTS) is 1. The van der Waals surface area contributed by atoms with Gasteiger partial charge in [0.2, 0.25) is 5.91 Å². The van der Waals surface area contributed by atoms with Gasteiger partial charge in [-0.2, -0.15) is 0 Å². The van der Waals surface area contributed by atoms with Crippen molar-refractivity contribution in [2.45, 2.75) is 39.8 Å². The fraction of sp³-hybridized carbons (Fsp3) is 0.267. The third-order valence-electron chi connectivity index (χ3n) is 5.80. The molecule has 42 heavy (non-hydrogen) atoms. The zero-order valence-electron chi connectivity index (χ0n) is 23.5. The molecule has 222 valence electrons. The number of nitrogen functional groups attached to an aromatic ring is 1. The van der Waals surface area contributed by atoms with E-state index in [4.69, 9.17) is 32.2 Å². The van der Waals surface area contributed by atoms with Gasteiger partial charge in [-0.15, -0.1) is 0 Å². The third kappa shape index (κ3) is 9.13. The van der Waals surface area contributed by atoms with Gasteiger partial charge in [0.05, 0.1) is 18.6 Å². The van der Waals surface area contributed by atoms with Gasteiger partial charge in [0.1, 0.15) is 5.84 Å². The van der Waals surface area contributed by atoms with E-state index in [1.807, 2.05) is 13.8 Å². The van der Waals surface area contributed by atoms with Gasteiger partial charge < -0.3 is 36.3 Å². The molecule has 0 aliphatic heterocycles. The second kappa shape index (κ2) is 14.7. The minimum absolute atomic E-state index is 0.0373. The maximum atomic E-state index is 13.2. The van der Waals surface area contributed by atoms with Gasteiger partial charge in [-0.05, 0) is 80.9 Å². The molecule has 0 atom stereocenters. The van der Waals surface area contributed by atoms with Crippen molar-refractivity contribution in [2.24, 2.45) is 5.73 Å². The molecule has 0 aliphatic rings. The number of ether oxygens (including phenoxy) is 2. The van der Waals surface area contributed by atoms with E-state index < -0.39 is 18.5 Å². The largest absolute Gasteiger partial charge is 0.490 e. The van der Waals surface area contributed by atoms with Gasteiger partial charge in [-0.1, -0.05) is 11.6 Å². The number of halogens is 1. The number of benzene rings is 3. The quantitative estimate of drug-likeness (QED) is 0.117. The molecule has 3 aromatic carbocycles. The molecule has 0 aliphatic carbocycles. The van der Waals surface area contributed by atoms with Crippen LogP contribution in [-0.4, -0.2) is 48.0 Å². The zero-order chi connectivity index (χ0) is 30.8. The number of hydrogen-bond acceptors (Lipinski definition) is 7. The molecule has 0 bridgehead atoms. The van der Waals surface area contributed by atoms with Crippen LogP contribution in [0.1, 0.15) is 47.8 Å². The first-order valence-electron chi connectivity index (χ1n) is 13.2. The normalized spacial score (nSPS) is 10.6. The molecule has 12 heteroatoms. The van der Waals surface area contributed by atoms with E-state index >= 15 is 0 Å². The summed E-state index contributed by atoms with van der Waals surface area (Å²) in [5.41, 5.74) is 8.38. The average molecular weight is 596 g/mol. The predicted octanol–water partition coefficient (Wildman–Crippen LogP) is 4.42. The topological polar surface area (TPSA) is 176 Å². The van der Waals surface area contributed by atoms with Crippen molar-refractivity contribution in [2.75, 3.05) is 23.8 Å². The third-order valence-corrected chi connectivity index (χ3v) is 6.03. The molecule has 0 unspecified atom stereocenters. The molecule has 0 fully saturated rings. The van der Waals surface area contributed by atoms with Gasteiger partial charge in [0.15, 0.2) is 18.1 Å². The molecule has 0 radical (unpaired) electrons. The second-order valence-corrected chi connectivity index (χ2v) is 10.0. The van der Waals surface area contributed by atoms with E-state index in [0.29, 0.717) is 38.8 Å². The second-order valence-electron chi connectivity index (χ2n) is 9.59. The molecule has 0 heterocycles. The van der Waals surface area contributed by atoms with E-state index in [0.717, 1.165) is 0 Å². The molecule has 0 saturated carbocycles. The summed E-state index contributed by atoms with van der Waals surface area (Å²) >= 11 is 6.22. The lowest BCUT2D eigenvalue weighted by atomic mass is 10.0. The van der Waals surface area contributed by atoms with Crippen LogP contribution in [0.25, 0.3) is 0 Å². The van der Waals surface area contributed by atoms with Crippen LogP contribution in [0.3, 0.4) is 0 Å². The standard InChI is InChI=1S/C30H34ClN5O6/c1-4-41-25-12-18(13-26(37)35-17(2)3)11-20(28(25)42-16-27(38)39)15-34-24-10-7-21(31)14-23(24)30(40)36-22-8-5-19(6-9-22)29(32)33/h5-12,14,17,34H,4,13,15-16H2,1-3H3,(H3,32,33)(H,35,37)(H,36,40)(H,38,39). The lowest BCUT2D eigenvalue weighted by molar-refractivity contribution is -0.139. The number of nitrogens with two attached hydrogens (primary N) is 1. The van der Waals surface area contributed by atoms with Gasteiger partial charge in [-0.25, -0.2) is 4.79 Å². The first kappa shape index (κ1) is 31.8. The summed E-state index contributed by atoms with van der Waals surface area (Å²) in [4.78, 5) is 37.0. The fourth-order valence-corrected chi connectivity index (χ4v) is 4.23. The SMILES string of the molecule is CCOc1cc(CC(=O)NC(C)C)cc(CNc2ccc(Cl)cc2C(=O)Nc2ccc(C(=N)N)cc2)c1OCC(=O)O. The minimum atomic E-state index is -1.16. The Hall–Kier alpha value is -4.77. The first-order valence-corrected chi connectivity index (χ1v) is 13.6. The van der Waals surface area contributed by atoms with Gasteiger partial charge in [0, 0.05) is 40.1 Å². The van der Waals surface area contributed by atoms with E-state index in [-0.39, 0.29) is 48.7 Å².